The summed E-state index contributed by atoms with van der Waals surface area (Å²) in [5, 5.41) is 42.5. The van der Waals surface area contributed by atoms with Gasteiger partial charge in [0.2, 0.25) is 5.95 Å². The lowest BCUT2D eigenvalue weighted by atomic mass is 10.0. The van der Waals surface area contributed by atoms with Crippen LogP contribution >= 0.6 is 0 Å². The lowest BCUT2D eigenvalue weighted by Gasteiger charge is -2.14. The summed E-state index contributed by atoms with van der Waals surface area (Å²) in [7, 11) is 0. The fourth-order valence-electron chi connectivity index (χ4n) is 23.6. The van der Waals surface area contributed by atoms with Gasteiger partial charge in [-0.3, -0.25) is 23.7 Å². The number of benzene rings is 19. The van der Waals surface area contributed by atoms with Gasteiger partial charge < -0.3 is 13.2 Å². The summed E-state index contributed by atoms with van der Waals surface area (Å²) in [5.41, 5.74) is 26.1. The van der Waals surface area contributed by atoms with Crippen molar-refractivity contribution in [2.75, 3.05) is 0 Å². The fourth-order valence-corrected chi connectivity index (χ4v) is 23.6. The number of nitrogens with zero attached hydrogens (tertiary/aromatic N) is 14. The lowest BCUT2D eigenvalue weighted by molar-refractivity contribution is 1.01. The van der Waals surface area contributed by atoms with Crippen molar-refractivity contribution in [3.63, 3.8) is 0 Å². The zero-order valence-electron chi connectivity index (χ0n) is 73.5. The molecule has 138 heavy (non-hydrogen) atoms. The molecule has 33 rings (SSSR count). The molecule has 0 fully saturated rings. The first-order valence-corrected chi connectivity index (χ1v) is 46.6. The molecule has 0 aliphatic rings. The van der Waals surface area contributed by atoms with Gasteiger partial charge in [-0.15, -0.1) is 0 Å². The highest BCUT2D eigenvalue weighted by Crippen LogP contribution is 2.53. The summed E-state index contributed by atoms with van der Waals surface area (Å²) in [5.74, 6) is 2.28. The molecule has 0 atom stereocenters. The average molecular weight is 1750 g/mol. The van der Waals surface area contributed by atoms with Crippen LogP contribution in [0.25, 0.3) is 296 Å². The highest BCUT2D eigenvalue weighted by Gasteiger charge is 2.32. The van der Waals surface area contributed by atoms with Gasteiger partial charge in [0.15, 0.2) is 5.82 Å². The summed E-state index contributed by atoms with van der Waals surface area (Å²) in [6.45, 7) is 0. The Morgan fingerprint density at radius 3 is 1.13 bits per heavy atom. The third-order valence-electron chi connectivity index (χ3n) is 29.3. The van der Waals surface area contributed by atoms with E-state index in [0.717, 1.165) is 116 Å². The van der Waals surface area contributed by atoms with E-state index in [1.54, 1.807) is 6.20 Å². The molecule has 14 heteroatoms. The van der Waals surface area contributed by atoms with Crippen molar-refractivity contribution < 1.29 is 0 Å². The fraction of sp³-hybridized carbons (Fsp3) is 0. The van der Waals surface area contributed by atoms with E-state index < -0.39 is 0 Å². The molecular weight excluding hydrogens is 1690 g/mol. The molecule has 0 bridgehead atoms. The summed E-state index contributed by atoms with van der Waals surface area (Å²) >= 11 is 0. The third-order valence-corrected chi connectivity index (χ3v) is 29.3. The quantitative estimate of drug-likeness (QED) is 0.155. The van der Waals surface area contributed by atoms with Crippen LogP contribution in [0.3, 0.4) is 0 Å². The number of rotatable bonds is 5. The zero-order chi connectivity index (χ0) is 90.0. The smallest absolute Gasteiger partial charge is 0.235 e. The van der Waals surface area contributed by atoms with E-state index in [0.29, 0.717) is 11.5 Å². The van der Waals surface area contributed by atoms with Crippen molar-refractivity contribution in [3.8, 4) is 46.2 Å². The van der Waals surface area contributed by atoms with Gasteiger partial charge in [-0.1, -0.05) is 243 Å². The normalized spacial score (nSPS) is 12.3. The summed E-state index contributed by atoms with van der Waals surface area (Å²) in [6.07, 6.45) is 5.54. The van der Waals surface area contributed by atoms with Gasteiger partial charge in [-0.2, -0.15) is 5.26 Å². The minimum absolute atomic E-state index is 0.584. The minimum Gasteiger partial charge on any atom is -0.308 e. The van der Waals surface area contributed by atoms with Crippen LogP contribution in [-0.2, 0) is 0 Å². The molecule has 14 aromatic heterocycles. The molecule has 33 aromatic rings. The molecule has 0 unspecified atom stereocenters. The van der Waals surface area contributed by atoms with Crippen LogP contribution in [0.2, 0.25) is 0 Å². The van der Waals surface area contributed by atoms with E-state index in [1.165, 1.54) is 174 Å². The molecule has 14 heterocycles. The Labute approximate surface area is 782 Å². The average Bonchev–Trinajstić information content (AvgIpc) is 1.52. The van der Waals surface area contributed by atoms with E-state index in [9.17, 15) is 5.26 Å². The van der Waals surface area contributed by atoms with Crippen molar-refractivity contribution >= 4 is 256 Å². The van der Waals surface area contributed by atoms with Crippen LogP contribution in [0.1, 0.15) is 5.56 Å². The summed E-state index contributed by atoms with van der Waals surface area (Å²) in [4.78, 5) is 35.8. The maximum atomic E-state index is 9.83. The number of para-hydroxylation sites is 9. The van der Waals surface area contributed by atoms with Crippen molar-refractivity contribution in [1.82, 2.24) is 61.8 Å². The Morgan fingerprint density at radius 1 is 0.225 bits per heavy atom. The first-order chi connectivity index (χ1) is 68.4. The second-order valence-corrected chi connectivity index (χ2v) is 36.5. The van der Waals surface area contributed by atoms with Crippen LogP contribution in [0, 0.1) is 11.3 Å². The number of pyridine rings is 3. The molecule has 0 N–H and O–H groups in total. The van der Waals surface area contributed by atoms with E-state index in [-0.39, 0.29) is 0 Å². The SMILES string of the molecule is N#Cc1cccc(-c2nc3ccccc3nc2-n2c3cc4ccccc4cc3c3c4c5ccccc5n5c6ccccc6c(cc32)c45)c1.c1ccc2cc3c(cc2c1)c1c2c4ccccc4n4c5ccccc5c(cc1n3-c1ccc3ccc5cccnc5c3n1)c24.c1cncc(-c2nc(-n3c4cc5ccccc5cc4c4c5c6ccccc6n6c7ccccc7c(cc43)c56)nc3ccccc23)c1. The molecule has 14 nitrogen and oxygen atoms in total. The second kappa shape index (κ2) is 28.0. The Hall–Kier alpha value is -19.1. The zero-order valence-corrected chi connectivity index (χ0v) is 73.5. The highest BCUT2D eigenvalue weighted by atomic mass is 15.2. The number of hydrogen-bond donors (Lipinski definition) is 0. The van der Waals surface area contributed by atoms with Gasteiger partial charge in [0.05, 0.1) is 128 Å². The topological polar surface area (TPSA) is 142 Å². The van der Waals surface area contributed by atoms with Crippen LogP contribution in [0.4, 0.5) is 0 Å². The Kier molecular flexibility index (Phi) is 15.1. The first kappa shape index (κ1) is 74.5. The largest absolute Gasteiger partial charge is 0.308 e. The van der Waals surface area contributed by atoms with Gasteiger partial charge in [0.25, 0.3) is 0 Å². The second-order valence-electron chi connectivity index (χ2n) is 36.5. The van der Waals surface area contributed by atoms with E-state index >= 15 is 0 Å². The lowest BCUT2D eigenvalue weighted by Crippen LogP contribution is -2.04. The van der Waals surface area contributed by atoms with Crippen LogP contribution in [0.5, 0.6) is 0 Å². The van der Waals surface area contributed by atoms with Gasteiger partial charge in [0.1, 0.15) is 11.5 Å². The maximum Gasteiger partial charge on any atom is 0.235 e. The van der Waals surface area contributed by atoms with Crippen LogP contribution < -0.4 is 0 Å². The standard InChI is InChI=1S/C43H23N5.C41H23N5.C40H22N4/c44-24-25-10-9-13-28(20-25)41-43(46-34-17-6-5-16-33(34)45-41)48-37-22-27-12-2-1-11-26(27)21-32(37)39-38(48)23-31-29-14-3-7-18-35(29)47-36-19-8-4-15-30(36)40(39)42(31)47;1-2-11-25-21-35-31(20-24(25)10-1)37-36(46(35)41-43-32-16-6-3-14-28(32)39(44-41)26-12-9-19-42-23-26)22-30-27-13-4-7-17-33(27)45-34-18-8-5-15-29(34)38(37)40(30)45;1-2-9-26-21-33-30(20-25(26)8-1)36-34(43(33)35-18-17-24-16-15-23-10-7-19-41-38(23)39(24)42-35)22-29-27-11-3-5-13-31(27)44-32-14-6-4-12-28(32)37(36)40(29)44/h1-23H;1-23H;1-22H. The van der Waals surface area contributed by atoms with Crippen molar-refractivity contribution in [2.24, 2.45) is 0 Å². The number of nitriles is 1. The van der Waals surface area contributed by atoms with Crippen molar-refractivity contribution in [2.45, 2.75) is 0 Å². The summed E-state index contributed by atoms with van der Waals surface area (Å²) < 4.78 is 14.3. The maximum absolute atomic E-state index is 9.83. The first-order valence-electron chi connectivity index (χ1n) is 46.6. The molecular formula is C124H68N14. The predicted molar refractivity (Wildman–Crippen MR) is 569 cm³/mol. The van der Waals surface area contributed by atoms with Crippen molar-refractivity contribution in [1.29, 1.82) is 5.26 Å². The number of aromatic nitrogens is 13. The molecule has 634 valence electrons. The van der Waals surface area contributed by atoms with Crippen LogP contribution in [0.15, 0.2) is 413 Å². The highest BCUT2D eigenvalue weighted by molar-refractivity contribution is 6.40. The predicted octanol–water partition coefficient (Wildman–Crippen LogP) is 30.8. The number of fused-ring (bicyclic) bond motifs is 38. The van der Waals surface area contributed by atoms with Gasteiger partial charge in [-0.05, 0) is 184 Å². The van der Waals surface area contributed by atoms with E-state index in [1.807, 2.05) is 85.2 Å². The van der Waals surface area contributed by atoms with E-state index in [2.05, 4.69) is 359 Å². The molecule has 0 saturated heterocycles. The molecule has 0 radical (unpaired) electrons. The molecule has 0 aliphatic heterocycles. The molecule has 0 amide bonds. The third kappa shape index (κ3) is 10.3. The van der Waals surface area contributed by atoms with Crippen LogP contribution in [-0.4, -0.2) is 61.8 Å². The van der Waals surface area contributed by atoms with Gasteiger partial charge in [-0.25, -0.2) is 24.9 Å². The monoisotopic (exact) mass is 1750 g/mol. The Bertz CT molecular complexity index is 11200. The van der Waals surface area contributed by atoms with Gasteiger partial charge in [0, 0.05) is 143 Å². The summed E-state index contributed by atoms with van der Waals surface area (Å²) in [6, 6.07) is 143. The number of hydrogen-bond acceptors (Lipinski definition) is 8. The molecule has 0 saturated carbocycles. The minimum atomic E-state index is 0.584. The van der Waals surface area contributed by atoms with E-state index in [4.69, 9.17) is 29.9 Å². The Balaban J connectivity index is 0.0000000959. The molecule has 0 spiro atoms. The van der Waals surface area contributed by atoms with Gasteiger partial charge >= 0.3 is 0 Å². The van der Waals surface area contributed by atoms with Crippen molar-refractivity contribution in [3.05, 3.63) is 418 Å². The molecule has 0 aliphatic carbocycles. The Morgan fingerprint density at radius 2 is 0.623 bits per heavy atom. The molecule has 19 aromatic carbocycles.